The van der Waals surface area contributed by atoms with E-state index < -0.39 is 11.9 Å². The Morgan fingerprint density at radius 3 is 2.56 bits per heavy atom. The zero-order valence-corrected chi connectivity index (χ0v) is 14.7. The molecule has 3 rings (SSSR count). The normalized spacial score (nSPS) is 10.6. The number of amides is 1. The van der Waals surface area contributed by atoms with Crippen LogP contribution in [0.5, 0.6) is 0 Å². The number of carbonyl (C=O) groups is 2. The number of hydrogen-bond donors (Lipinski definition) is 1. The molecule has 0 aliphatic carbocycles. The number of rotatable bonds is 5. The Bertz CT molecular complexity index is 1030. The summed E-state index contributed by atoms with van der Waals surface area (Å²) in [6.45, 7) is 1.92. The largest absolute Gasteiger partial charge is 0.459 e. The molecule has 3 aromatic rings. The second-order valence-corrected chi connectivity index (χ2v) is 5.68. The van der Waals surface area contributed by atoms with Crippen molar-refractivity contribution in [2.24, 2.45) is 0 Å². The molecule has 0 unspecified atom stereocenters. The molecule has 0 fully saturated rings. The van der Waals surface area contributed by atoms with Crippen LogP contribution in [0.25, 0.3) is 10.8 Å². The Labute approximate surface area is 154 Å². The van der Waals surface area contributed by atoms with E-state index in [9.17, 15) is 14.4 Å². The standard InChI is InChI=1S/C19H18N4O4/c1-2-27-19(26)17(24)21-11-16-14-8-3-4-9-15(14)18(25)23(22-16)12-13-7-5-6-10-20-13/h3-10H,2,11-12H2,1H3,(H,21,24). The van der Waals surface area contributed by atoms with Crippen LogP contribution in [0.15, 0.2) is 53.5 Å². The third-order valence-corrected chi connectivity index (χ3v) is 3.86. The molecule has 1 amide bonds. The molecule has 27 heavy (non-hydrogen) atoms. The summed E-state index contributed by atoms with van der Waals surface area (Å²) in [6, 6.07) is 12.4. The highest BCUT2D eigenvalue weighted by molar-refractivity contribution is 6.32. The molecule has 8 heteroatoms. The van der Waals surface area contributed by atoms with Crippen molar-refractivity contribution < 1.29 is 14.3 Å². The van der Waals surface area contributed by atoms with Crippen molar-refractivity contribution in [1.29, 1.82) is 0 Å². The maximum absolute atomic E-state index is 12.7. The fourth-order valence-electron chi connectivity index (χ4n) is 2.62. The van der Waals surface area contributed by atoms with Crippen LogP contribution in [0.3, 0.4) is 0 Å². The number of nitrogens with zero attached hydrogens (tertiary/aromatic N) is 3. The summed E-state index contributed by atoms with van der Waals surface area (Å²) in [5.41, 5.74) is 0.902. The monoisotopic (exact) mass is 366 g/mol. The Kier molecular flexibility index (Phi) is 5.55. The Morgan fingerprint density at radius 1 is 1.11 bits per heavy atom. The number of nitrogens with one attached hydrogen (secondary N) is 1. The fourth-order valence-corrected chi connectivity index (χ4v) is 2.62. The van der Waals surface area contributed by atoms with Gasteiger partial charge >= 0.3 is 11.9 Å². The third kappa shape index (κ3) is 4.17. The van der Waals surface area contributed by atoms with Gasteiger partial charge < -0.3 is 10.1 Å². The van der Waals surface area contributed by atoms with Gasteiger partial charge in [-0.05, 0) is 25.1 Å². The Balaban J connectivity index is 1.94. The van der Waals surface area contributed by atoms with Crippen LogP contribution in [0.4, 0.5) is 0 Å². The summed E-state index contributed by atoms with van der Waals surface area (Å²) < 4.78 is 5.97. The number of carbonyl (C=O) groups excluding carboxylic acids is 2. The summed E-state index contributed by atoms with van der Waals surface area (Å²) in [5.74, 6) is -1.81. The first-order chi connectivity index (χ1) is 13.1. The average Bonchev–Trinajstić information content (AvgIpc) is 2.70. The van der Waals surface area contributed by atoms with E-state index in [1.165, 1.54) is 4.68 Å². The quantitative estimate of drug-likeness (QED) is 0.534. The summed E-state index contributed by atoms with van der Waals surface area (Å²) >= 11 is 0. The second kappa shape index (κ2) is 8.22. The number of esters is 1. The van der Waals surface area contributed by atoms with Crippen molar-refractivity contribution in [3.05, 3.63) is 70.4 Å². The second-order valence-electron chi connectivity index (χ2n) is 5.68. The molecule has 0 aliphatic heterocycles. The minimum Gasteiger partial charge on any atom is -0.459 e. The highest BCUT2D eigenvalue weighted by Crippen LogP contribution is 2.13. The van der Waals surface area contributed by atoms with Crippen molar-refractivity contribution in [2.75, 3.05) is 6.61 Å². The fraction of sp³-hybridized carbons (Fsp3) is 0.211. The molecule has 0 saturated carbocycles. The van der Waals surface area contributed by atoms with Crippen LogP contribution in [0.1, 0.15) is 18.3 Å². The molecule has 0 saturated heterocycles. The van der Waals surface area contributed by atoms with Crippen molar-refractivity contribution in [3.8, 4) is 0 Å². The number of aromatic nitrogens is 3. The smallest absolute Gasteiger partial charge is 0.396 e. The van der Waals surface area contributed by atoms with E-state index in [-0.39, 0.29) is 25.3 Å². The topological polar surface area (TPSA) is 103 Å². The Morgan fingerprint density at radius 2 is 1.85 bits per heavy atom. The van der Waals surface area contributed by atoms with Crippen LogP contribution in [-0.2, 0) is 27.4 Å². The lowest BCUT2D eigenvalue weighted by Crippen LogP contribution is -2.33. The van der Waals surface area contributed by atoms with Crippen LogP contribution >= 0.6 is 0 Å². The van der Waals surface area contributed by atoms with Gasteiger partial charge in [-0.2, -0.15) is 5.10 Å². The molecule has 138 valence electrons. The predicted octanol–water partition coefficient (Wildman–Crippen LogP) is 1.02. The summed E-state index contributed by atoms with van der Waals surface area (Å²) in [6.07, 6.45) is 1.64. The molecule has 8 nitrogen and oxygen atoms in total. The van der Waals surface area contributed by atoms with Gasteiger partial charge in [0.15, 0.2) is 0 Å². The van der Waals surface area contributed by atoms with Gasteiger partial charge in [0.05, 0.1) is 36.5 Å². The van der Waals surface area contributed by atoms with Crippen LogP contribution in [0, 0.1) is 0 Å². The van der Waals surface area contributed by atoms with Crippen LogP contribution in [-0.4, -0.2) is 33.2 Å². The van der Waals surface area contributed by atoms with E-state index in [1.807, 2.05) is 6.07 Å². The van der Waals surface area contributed by atoms with E-state index in [0.29, 0.717) is 22.2 Å². The molecule has 0 spiro atoms. The van der Waals surface area contributed by atoms with Crippen molar-refractivity contribution >= 4 is 22.6 Å². The van der Waals surface area contributed by atoms with E-state index in [2.05, 4.69) is 20.1 Å². The molecule has 0 atom stereocenters. The zero-order chi connectivity index (χ0) is 19.2. The number of pyridine rings is 1. The van der Waals surface area contributed by atoms with Crippen molar-refractivity contribution in [1.82, 2.24) is 20.1 Å². The van der Waals surface area contributed by atoms with Gasteiger partial charge in [-0.25, -0.2) is 9.48 Å². The highest BCUT2D eigenvalue weighted by Gasteiger charge is 2.16. The maximum atomic E-state index is 12.7. The summed E-state index contributed by atoms with van der Waals surface area (Å²) in [7, 11) is 0. The first kappa shape index (κ1) is 18.2. The Hall–Kier alpha value is -3.55. The molecule has 2 aromatic heterocycles. The van der Waals surface area contributed by atoms with Gasteiger partial charge in [-0.3, -0.25) is 14.6 Å². The summed E-state index contributed by atoms with van der Waals surface area (Å²) in [5, 5.41) is 7.94. The van der Waals surface area contributed by atoms with E-state index >= 15 is 0 Å². The first-order valence-electron chi connectivity index (χ1n) is 8.43. The van der Waals surface area contributed by atoms with Crippen LogP contribution in [0.2, 0.25) is 0 Å². The van der Waals surface area contributed by atoms with Crippen LogP contribution < -0.4 is 10.9 Å². The number of fused-ring (bicyclic) bond motifs is 1. The molecular weight excluding hydrogens is 348 g/mol. The van der Waals surface area contributed by atoms with Gasteiger partial charge in [-0.1, -0.05) is 24.3 Å². The van der Waals surface area contributed by atoms with Gasteiger partial charge in [0, 0.05) is 11.6 Å². The van der Waals surface area contributed by atoms with Crippen molar-refractivity contribution in [2.45, 2.75) is 20.0 Å². The molecule has 0 bridgehead atoms. The minimum absolute atomic E-state index is 0.0132. The third-order valence-electron chi connectivity index (χ3n) is 3.86. The van der Waals surface area contributed by atoms with Crippen molar-refractivity contribution in [3.63, 3.8) is 0 Å². The van der Waals surface area contributed by atoms with Gasteiger partial charge in [0.2, 0.25) is 0 Å². The molecule has 2 heterocycles. The molecule has 1 aromatic carbocycles. The SMILES string of the molecule is CCOC(=O)C(=O)NCc1nn(Cc2ccccn2)c(=O)c2ccccc12. The van der Waals surface area contributed by atoms with E-state index in [1.54, 1.807) is 49.5 Å². The average molecular weight is 366 g/mol. The lowest BCUT2D eigenvalue weighted by atomic mass is 10.1. The predicted molar refractivity (Wildman–Crippen MR) is 97.8 cm³/mol. The van der Waals surface area contributed by atoms with E-state index in [4.69, 9.17) is 0 Å². The molecule has 0 aliphatic rings. The summed E-state index contributed by atoms with van der Waals surface area (Å²) in [4.78, 5) is 40.2. The lowest BCUT2D eigenvalue weighted by Gasteiger charge is -2.11. The zero-order valence-electron chi connectivity index (χ0n) is 14.7. The van der Waals surface area contributed by atoms with E-state index in [0.717, 1.165) is 0 Å². The molecule has 1 N–H and O–H groups in total. The maximum Gasteiger partial charge on any atom is 0.396 e. The highest BCUT2D eigenvalue weighted by atomic mass is 16.5. The van der Waals surface area contributed by atoms with Gasteiger partial charge in [-0.15, -0.1) is 0 Å². The number of ether oxygens (including phenoxy) is 1. The lowest BCUT2D eigenvalue weighted by molar-refractivity contribution is -0.154. The number of hydrogen-bond acceptors (Lipinski definition) is 6. The molecule has 0 radical (unpaired) electrons. The minimum atomic E-state index is -0.955. The van der Waals surface area contributed by atoms with Gasteiger partial charge in [0.25, 0.3) is 5.56 Å². The van der Waals surface area contributed by atoms with Gasteiger partial charge in [0.1, 0.15) is 0 Å². The first-order valence-corrected chi connectivity index (χ1v) is 8.43. The molecular formula is C19H18N4O4. The number of benzene rings is 1.